The molecule has 2 rings (SSSR count). The van der Waals surface area contributed by atoms with Gasteiger partial charge in [0.05, 0.1) is 26.4 Å². The summed E-state index contributed by atoms with van der Waals surface area (Å²) < 4.78 is 23.2. The molecular formula is C24H29Cl2N3O6. The Balaban J connectivity index is 2.51. The Morgan fingerprint density at radius 1 is 0.886 bits per heavy atom. The fourth-order valence-corrected chi connectivity index (χ4v) is 3.51. The Labute approximate surface area is 215 Å². The molecule has 11 heteroatoms. The van der Waals surface area contributed by atoms with Crippen molar-refractivity contribution in [2.45, 2.75) is 40.7 Å². The van der Waals surface area contributed by atoms with Gasteiger partial charge in [0.2, 0.25) is 6.04 Å². The summed E-state index contributed by atoms with van der Waals surface area (Å²) in [5.74, 6) is -0.177. The predicted octanol–water partition coefficient (Wildman–Crippen LogP) is 6.16. The van der Waals surface area contributed by atoms with Crippen molar-refractivity contribution in [3.63, 3.8) is 0 Å². The molecule has 0 saturated carbocycles. The van der Waals surface area contributed by atoms with Crippen LogP contribution < -0.4 is 23.4 Å². The van der Waals surface area contributed by atoms with E-state index in [0.717, 1.165) is 4.42 Å². The maximum absolute atomic E-state index is 13.3. The van der Waals surface area contributed by atoms with Crippen molar-refractivity contribution in [3.8, 4) is 23.0 Å². The average Bonchev–Trinajstić information content (AvgIpc) is 2.81. The first-order valence-electron chi connectivity index (χ1n) is 11.2. The molecular weight excluding hydrogens is 497 g/mol. The standard InChI is InChI=1S/C24H29Cl2N3O6/c1-6-32-17-11-10-12-18(33-7-2)23(17)29(26)24(31)21(15(5)30)27-28-22-19(34-8-3)13-16(25)14-20(22)35-9-4/h10-14,21H,6-9H2,1-5H3. The van der Waals surface area contributed by atoms with Crippen LogP contribution in [0.4, 0.5) is 11.4 Å². The maximum Gasteiger partial charge on any atom is 0.276 e. The summed E-state index contributed by atoms with van der Waals surface area (Å²) in [5, 5.41) is 8.54. The van der Waals surface area contributed by atoms with Crippen LogP contribution in [-0.2, 0) is 9.59 Å². The van der Waals surface area contributed by atoms with Crippen LogP contribution in [0, 0.1) is 0 Å². The van der Waals surface area contributed by atoms with E-state index in [0.29, 0.717) is 54.4 Å². The number of nitrogens with zero attached hydrogens (tertiary/aromatic N) is 3. The molecule has 0 saturated heterocycles. The zero-order valence-corrected chi connectivity index (χ0v) is 21.9. The van der Waals surface area contributed by atoms with E-state index in [2.05, 4.69) is 10.2 Å². The molecule has 1 amide bonds. The van der Waals surface area contributed by atoms with Gasteiger partial charge in [0.1, 0.15) is 17.2 Å². The fourth-order valence-electron chi connectivity index (χ4n) is 3.06. The normalized spacial score (nSPS) is 11.7. The van der Waals surface area contributed by atoms with Gasteiger partial charge in [0.15, 0.2) is 23.0 Å². The molecule has 2 aromatic rings. The zero-order chi connectivity index (χ0) is 26.0. The van der Waals surface area contributed by atoms with Crippen LogP contribution in [0.5, 0.6) is 23.0 Å². The highest BCUT2D eigenvalue weighted by Crippen LogP contribution is 2.42. The first kappa shape index (κ1) is 28.2. The molecule has 0 fully saturated rings. The number of benzene rings is 2. The molecule has 0 aliphatic carbocycles. The summed E-state index contributed by atoms with van der Waals surface area (Å²) in [7, 11) is 0. The van der Waals surface area contributed by atoms with Crippen LogP contribution in [0.3, 0.4) is 0 Å². The highest BCUT2D eigenvalue weighted by atomic mass is 35.5. The van der Waals surface area contributed by atoms with E-state index in [1.54, 1.807) is 58.0 Å². The number of hydrogen-bond donors (Lipinski definition) is 0. The van der Waals surface area contributed by atoms with Gasteiger partial charge in [-0.3, -0.25) is 9.59 Å². The van der Waals surface area contributed by atoms with Gasteiger partial charge in [-0.05, 0) is 46.8 Å². The number of hydrogen-bond acceptors (Lipinski definition) is 8. The van der Waals surface area contributed by atoms with E-state index >= 15 is 0 Å². The molecule has 0 N–H and O–H groups in total. The van der Waals surface area contributed by atoms with Crippen LogP contribution in [0.2, 0.25) is 5.02 Å². The molecule has 0 aliphatic heterocycles. The van der Waals surface area contributed by atoms with E-state index in [1.807, 2.05) is 0 Å². The lowest BCUT2D eigenvalue weighted by atomic mass is 10.2. The first-order chi connectivity index (χ1) is 16.8. The highest BCUT2D eigenvalue weighted by Gasteiger charge is 2.32. The van der Waals surface area contributed by atoms with Crippen LogP contribution >= 0.6 is 23.4 Å². The number of carbonyl (C=O) groups excluding carboxylic acids is 2. The lowest BCUT2D eigenvalue weighted by molar-refractivity contribution is -0.126. The number of azo groups is 1. The third-order valence-corrected chi connectivity index (χ3v) is 5.00. The number of halogens is 2. The minimum absolute atomic E-state index is 0.167. The largest absolute Gasteiger partial charge is 0.491 e. The van der Waals surface area contributed by atoms with E-state index in [-0.39, 0.29) is 11.4 Å². The monoisotopic (exact) mass is 525 g/mol. The number of carbonyl (C=O) groups is 2. The fraction of sp³-hybridized carbons (Fsp3) is 0.417. The van der Waals surface area contributed by atoms with E-state index in [1.165, 1.54) is 6.92 Å². The van der Waals surface area contributed by atoms with Gasteiger partial charge in [-0.2, -0.15) is 5.11 Å². The molecule has 0 aliphatic rings. The Bertz CT molecular complexity index is 1010. The summed E-state index contributed by atoms with van der Waals surface area (Å²) in [6.07, 6.45) is 0. The topological polar surface area (TPSA) is 99.0 Å². The number of anilines is 1. The molecule has 0 radical (unpaired) electrons. The third-order valence-electron chi connectivity index (χ3n) is 4.45. The summed E-state index contributed by atoms with van der Waals surface area (Å²) in [5.41, 5.74) is 0.365. The molecule has 2 aromatic carbocycles. The smallest absolute Gasteiger partial charge is 0.276 e. The van der Waals surface area contributed by atoms with Crippen molar-refractivity contribution >= 4 is 46.4 Å². The molecule has 190 valence electrons. The second kappa shape index (κ2) is 13.7. The molecule has 0 heterocycles. The molecule has 0 bridgehead atoms. The highest BCUT2D eigenvalue weighted by molar-refractivity contribution is 6.40. The number of Topliss-reactive ketones (excluding diaryl/α,β-unsaturated/α-hetero) is 1. The van der Waals surface area contributed by atoms with Gasteiger partial charge in [0.25, 0.3) is 5.91 Å². The Morgan fingerprint density at radius 2 is 1.34 bits per heavy atom. The summed E-state index contributed by atoms with van der Waals surface area (Å²) in [6.45, 7) is 9.70. The van der Waals surface area contributed by atoms with Gasteiger partial charge in [-0.1, -0.05) is 17.7 Å². The SMILES string of the molecule is CCOc1cc(Cl)cc(OCC)c1N=NC(C(C)=O)C(=O)N(Cl)c1c(OCC)cccc1OCC. The van der Waals surface area contributed by atoms with Gasteiger partial charge in [0, 0.05) is 28.9 Å². The molecule has 1 atom stereocenters. The first-order valence-corrected chi connectivity index (χ1v) is 11.9. The van der Waals surface area contributed by atoms with Crippen molar-refractivity contribution in [3.05, 3.63) is 35.4 Å². The predicted molar refractivity (Wildman–Crippen MR) is 135 cm³/mol. The van der Waals surface area contributed by atoms with Crippen LogP contribution in [0.25, 0.3) is 0 Å². The van der Waals surface area contributed by atoms with Crippen LogP contribution in [-0.4, -0.2) is 44.2 Å². The summed E-state index contributed by atoms with van der Waals surface area (Å²) >= 11 is 12.6. The van der Waals surface area contributed by atoms with Gasteiger partial charge in [-0.15, -0.1) is 5.11 Å². The zero-order valence-electron chi connectivity index (χ0n) is 20.3. The molecule has 35 heavy (non-hydrogen) atoms. The van der Waals surface area contributed by atoms with Crippen LogP contribution in [0.15, 0.2) is 40.6 Å². The molecule has 0 spiro atoms. The van der Waals surface area contributed by atoms with Crippen molar-refractivity contribution in [2.75, 3.05) is 30.8 Å². The van der Waals surface area contributed by atoms with Crippen molar-refractivity contribution in [1.29, 1.82) is 0 Å². The maximum atomic E-state index is 13.3. The summed E-state index contributed by atoms with van der Waals surface area (Å²) in [6, 6.07) is 6.55. The van der Waals surface area contributed by atoms with Gasteiger partial charge >= 0.3 is 0 Å². The third kappa shape index (κ3) is 7.22. The van der Waals surface area contributed by atoms with Gasteiger partial charge in [-0.25, -0.2) is 4.42 Å². The number of ketones is 1. The lowest BCUT2D eigenvalue weighted by Gasteiger charge is -2.22. The average molecular weight is 526 g/mol. The van der Waals surface area contributed by atoms with E-state index < -0.39 is 17.7 Å². The second-order valence-corrected chi connectivity index (χ2v) is 7.71. The van der Waals surface area contributed by atoms with Crippen molar-refractivity contribution < 1.29 is 28.5 Å². The van der Waals surface area contributed by atoms with Crippen molar-refractivity contribution in [1.82, 2.24) is 0 Å². The summed E-state index contributed by atoms with van der Waals surface area (Å²) in [4.78, 5) is 25.8. The Morgan fingerprint density at radius 3 is 1.77 bits per heavy atom. The minimum Gasteiger partial charge on any atom is -0.491 e. The number of rotatable bonds is 13. The van der Waals surface area contributed by atoms with E-state index in [4.69, 9.17) is 42.3 Å². The Kier molecular flexibility index (Phi) is 11.1. The van der Waals surface area contributed by atoms with Gasteiger partial charge < -0.3 is 18.9 Å². The Hall–Kier alpha value is -3.04. The second-order valence-electron chi connectivity index (χ2n) is 6.93. The number of ether oxygens (including phenoxy) is 4. The van der Waals surface area contributed by atoms with Crippen LogP contribution in [0.1, 0.15) is 34.6 Å². The number of amides is 1. The quantitative estimate of drug-likeness (QED) is 0.176. The lowest BCUT2D eigenvalue weighted by Crippen LogP contribution is -2.36. The van der Waals surface area contributed by atoms with E-state index in [9.17, 15) is 9.59 Å². The number of para-hydroxylation sites is 1. The minimum atomic E-state index is -1.55. The van der Waals surface area contributed by atoms with Crippen molar-refractivity contribution in [2.24, 2.45) is 10.2 Å². The molecule has 9 nitrogen and oxygen atoms in total. The molecule has 1 unspecified atom stereocenters. The molecule has 0 aromatic heterocycles.